The first kappa shape index (κ1) is 11.9. The fourth-order valence-corrected chi connectivity index (χ4v) is 1.62. The molecule has 18 heavy (non-hydrogen) atoms. The molecule has 0 bridgehead atoms. The summed E-state index contributed by atoms with van der Waals surface area (Å²) in [6.45, 7) is 0.320. The first-order chi connectivity index (χ1) is 8.72. The molecule has 0 spiro atoms. The number of carboxylic acids is 1. The maximum absolute atomic E-state index is 11.2. The summed E-state index contributed by atoms with van der Waals surface area (Å²) in [5, 5.41) is 9.76. The molecule has 1 heterocycles. The molecule has 4 heteroatoms. The average Bonchev–Trinajstić information content (AvgIpc) is 2.38. The largest absolute Gasteiger partial charge is 0.478 e. The van der Waals surface area contributed by atoms with Gasteiger partial charge in [0.2, 0.25) is 5.88 Å². The Balaban J connectivity index is 2.44. The second-order valence-corrected chi connectivity index (χ2v) is 3.63. The number of nitrogens with zero attached hydrogens (tertiary/aromatic N) is 1. The Kier molecular flexibility index (Phi) is 3.44. The molecule has 4 nitrogen and oxygen atoms in total. The zero-order valence-electron chi connectivity index (χ0n) is 9.59. The SMILES string of the molecule is C#CCCOc1cc(C(=O)O)c2ccccc2n1. The maximum atomic E-state index is 11.2. The van der Waals surface area contributed by atoms with Gasteiger partial charge >= 0.3 is 5.97 Å². The fourth-order valence-electron chi connectivity index (χ4n) is 1.62. The molecule has 0 saturated carbocycles. The second kappa shape index (κ2) is 5.19. The van der Waals surface area contributed by atoms with Gasteiger partial charge in [0.15, 0.2) is 0 Å². The van der Waals surface area contributed by atoms with E-state index in [2.05, 4.69) is 10.9 Å². The number of pyridine rings is 1. The number of hydrogen-bond acceptors (Lipinski definition) is 3. The van der Waals surface area contributed by atoms with Crippen LogP contribution < -0.4 is 4.74 Å². The fraction of sp³-hybridized carbons (Fsp3) is 0.143. The van der Waals surface area contributed by atoms with Crippen LogP contribution in [0.2, 0.25) is 0 Å². The van der Waals surface area contributed by atoms with Crippen LogP contribution in [0.1, 0.15) is 16.8 Å². The van der Waals surface area contributed by atoms with Crippen LogP contribution in [0.4, 0.5) is 0 Å². The van der Waals surface area contributed by atoms with Gasteiger partial charge in [-0.05, 0) is 6.07 Å². The minimum atomic E-state index is -1.00. The summed E-state index contributed by atoms with van der Waals surface area (Å²) in [5.41, 5.74) is 0.768. The highest BCUT2D eigenvalue weighted by atomic mass is 16.5. The molecule has 1 aromatic heterocycles. The summed E-state index contributed by atoms with van der Waals surface area (Å²) in [6.07, 6.45) is 5.57. The Morgan fingerprint density at radius 2 is 2.22 bits per heavy atom. The Labute approximate surface area is 104 Å². The van der Waals surface area contributed by atoms with Crippen molar-refractivity contribution in [1.29, 1.82) is 0 Å². The van der Waals surface area contributed by atoms with E-state index in [9.17, 15) is 4.79 Å². The molecule has 0 aliphatic rings. The van der Waals surface area contributed by atoms with Crippen molar-refractivity contribution in [2.24, 2.45) is 0 Å². The van der Waals surface area contributed by atoms with Gasteiger partial charge in [0.25, 0.3) is 0 Å². The summed E-state index contributed by atoms with van der Waals surface area (Å²) >= 11 is 0. The van der Waals surface area contributed by atoms with Crippen LogP contribution >= 0.6 is 0 Å². The summed E-state index contributed by atoms with van der Waals surface area (Å²) in [4.78, 5) is 15.4. The van der Waals surface area contributed by atoms with Gasteiger partial charge in [0, 0.05) is 17.9 Å². The molecule has 0 aliphatic heterocycles. The van der Waals surface area contributed by atoms with Gasteiger partial charge in [-0.1, -0.05) is 18.2 Å². The molecule has 0 unspecified atom stereocenters. The topological polar surface area (TPSA) is 59.4 Å². The van der Waals surface area contributed by atoms with E-state index >= 15 is 0 Å². The number of terminal acetylenes is 1. The van der Waals surface area contributed by atoms with Gasteiger partial charge in [-0.25, -0.2) is 9.78 Å². The van der Waals surface area contributed by atoms with Crippen molar-refractivity contribution in [3.05, 3.63) is 35.9 Å². The van der Waals surface area contributed by atoms with Crippen molar-refractivity contribution in [2.45, 2.75) is 6.42 Å². The van der Waals surface area contributed by atoms with E-state index in [1.54, 1.807) is 24.3 Å². The Morgan fingerprint density at radius 1 is 1.44 bits per heavy atom. The third-order valence-electron chi connectivity index (χ3n) is 2.42. The highest BCUT2D eigenvalue weighted by molar-refractivity contribution is 6.02. The molecule has 1 aromatic carbocycles. The molecule has 2 rings (SSSR count). The Hall–Kier alpha value is -2.54. The number of rotatable bonds is 4. The lowest BCUT2D eigenvalue weighted by molar-refractivity contribution is 0.0698. The van der Waals surface area contributed by atoms with Crippen molar-refractivity contribution >= 4 is 16.9 Å². The zero-order chi connectivity index (χ0) is 13.0. The maximum Gasteiger partial charge on any atom is 0.336 e. The molecule has 0 atom stereocenters. The number of fused-ring (bicyclic) bond motifs is 1. The van der Waals surface area contributed by atoms with E-state index in [4.69, 9.17) is 16.3 Å². The third-order valence-corrected chi connectivity index (χ3v) is 2.42. The number of carbonyl (C=O) groups is 1. The van der Waals surface area contributed by atoms with E-state index in [0.29, 0.717) is 23.9 Å². The smallest absolute Gasteiger partial charge is 0.336 e. The van der Waals surface area contributed by atoms with Gasteiger partial charge in [0.1, 0.15) is 6.61 Å². The first-order valence-corrected chi connectivity index (χ1v) is 5.41. The van der Waals surface area contributed by atoms with Gasteiger partial charge in [-0.3, -0.25) is 0 Å². The van der Waals surface area contributed by atoms with E-state index < -0.39 is 5.97 Å². The van der Waals surface area contributed by atoms with Crippen LogP contribution in [-0.2, 0) is 0 Å². The van der Waals surface area contributed by atoms with Crippen LogP contribution in [0.3, 0.4) is 0 Å². The lowest BCUT2D eigenvalue weighted by Crippen LogP contribution is -2.03. The third kappa shape index (κ3) is 2.41. The number of hydrogen-bond donors (Lipinski definition) is 1. The molecule has 1 N–H and O–H groups in total. The quantitative estimate of drug-likeness (QED) is 0.659. The molecule has 0 fully saturated rings. The summed E-state index contributed by atoms with van der Waals surface area (Å²) in [7, 11) is 0. The summed E-state index contributed by atoms with van der Waals surface area (Å²) in [5.74, 6) is 1.72. The van der Waals surface area contributed by atoms with Crippen LogP contribution in [-0.4, -0.2) is 22.7 Å². The number of aromatic nitrogens is 1. The van der Waals surface area contributed by atoms with Gasteiger partial charge < -0.3 is 9.84 Å². The van der Waals surface area contributed by atoms with Gasteiger partial charge in [0.05, 0.1) is 11.1 Å². The minimum Gasteiger partial charge on any atom is -0.478 e. The standard InChI is InChI=1S/C14H11NO3/c1-2-3-8-18-13-9-11(14(16)17)10-6-4-5-7-12(10)15-13/h1,4-7,9H,3,8H2,(H,16,17). The lowest BCUT2D eigenvalue weighted by Gasteiger charge is -2.07. The highest BCUT2D eigenvalue weighted by Gasteiger charge is 2.11. The molecule has 0 amide bonds. The predicted molar refractivity (Wildman–Crippen MR) is 67.6 cm³/mol. The first-order valence-electron chi connectivity index (χ1n) is 5.41. The molecular weight excluding hydrogens is 230 g/mol. The Bertz CT molecular complexity index is 628. The van der Waals surface area contributed by atoms with Crippen molar-refractivity contribution in [3.8, 4) is 18.2 Å². The predicted octanol–water partition coefficient (Wildman–Crippen LogP) is 2.34. The molecule has 2 aromatic rings. The lowest BCUT2D eigenvalue weighted by atomic mass is 10.1. The van der Waals surface area contributed by atoms with Crippen LogP contribution in [0.5, 0.6) is 5.88 Å². The number of ether oxygens (including phenoxy) is 1. The number of carboxylic acid groups (broad SMARTS) is 1. The zero-order valence-corrected chi connectivity index (χ0v) is 9.59. The number of benzene rings is 1. The highest BCUT2D eigenvalue weighted by Crippen LogP contribution is 2.22. The van der Waals surface area contributed by atoms with E-state index in [-0.39, 0.29) is 11.4 Å². The van der Waals surface area contributed by atoms with Crippen molar-refractivity contribution in [1.82, 2.24) is 4.98 Å². The van der Waals surface area contributed by atoms with Crippen molar-refractivity contribution in [3.63, 3.8) is 0 Å². The normalized spacial score (nSPS) is 9.94. The van der Waals surface area contributed by atoms with E-state index in [1.807, 2.05) is 0 Å². The van der Waals surface area contributed by atoms with Gasteiger partial charge in [-0.2, -0.15) is 0 Å². The number of aromatic carboxylic acids is 1. The summed E-state index contributed by atoms with van der Waals surface area (Å²) in [6, 6.07) is 8.45. The minimum absolute atomic E-state index is 0.177. The van der Waals surface area contributed by atoms with Crippen molar-refractivity contribution < 1.29 is 14.6 Å². The molecule has 90 valence electrons. The van der Waals surface area contributed by atoms with Crippen LogP contribution in [0, 0.1) is 12.3 Å². The van der Waals surface area contributed by atoms with Gasteiger partial charge in [-0.15, -0.1) is 12.3 Å². The van der Waals surface area contributed by atoms with Crippen molar-refractivity contribution in [2.75, 3.05) is 6.61 Å². The molecular formula is C14H11NO3. The average molecular weight is 241 g/mol. The molecule has 0 radical (unpaired) electrons. The molecule has 0 saturated heterocycles. The monoisotopic (exact) mass is 241 g/mol. The molecule has 0 aliphatic carbocycles. The van der Waals surface area contributed by atoms with E-state index in [1.165, 1.54) is 6.07 Å². The summed E-state index contributed by atoms with van der Waals surface area (Å²) < 4.78 is 5.33. The Morgan fingerprint density at radius 3 is 2.94 bits per heavy atom. The van der Waals surface area contributed by atoms with Crippen LogP contribution in [0.15, 0.2) is 30.3 Å². The number of para-hydroxylation sites is 1. The van der Waals surface area contributed by atoms with E-state index in [0.717, 1.165) is 0 Å². The second-order valence-electron chi connectivity index (χ2n) is 3.63. The van der Waals surface area contributed by atoms with Crippen LogP contribution in [0.25, 0.3) is 10.9 Å².